The molecule has 6 nitrogen and oxygen atoms in total. The van der Waals surface area contributed by atoms with E-state index in [1.54, 1.807) is 19.5 Å². The lowest BCUT2D eigenvalue weighted by Gasteiger charge is -2.15. The second-order valence-electron chi connectivity index (χ2n) is 5.48. The smallest absolute Gasteiger partial charge is 0.227 e. The Kier molecular flexibility index (Phi) is 6.03. The maximum absolute atomic E-state index is 5.56. The molecule has 6 heteroatoms. The minimum Gasteiger partial charge on any atom is -0.403 e. The van der Waals surface area contributed by atoms with E-state index in [1.165, 1.54) is 17.3 Å². The maximum atomic E-state index is 5.56. The lowest BCUT2D eigenvalue weighted by molar-refractivity contribution is 0.648. The Morgan fingerprint density at radius 3 is 2.75 bits per heavy atom. The highest BCUT2D eigenvalue weighted by Gasteiger charge is 2.09. The van der Waals surface area contributed by atoms with Crippen molar-refractivity contribution in [2.24, 2.45) is 10.7 Å². The van der Waals surface area contributed by atoms with Crippen LogP contribution in [0.1, 0.15) is 24.1 Å². The summed E-state index contributed by atoms with van der Waals surface area (Å²) < 4.78 is 0. The van der Waals surface area contributed by atoms with E-state index in [2.05, 4.69) is 57.6 Å². The highest BCUT2D eigenvalue weighted by Crippen LogP contribution is 2.24. The fraction of sp³-hybridized carbons (Fsp3) is 0.278. The molecule has 4 N–H and O–H groups in total. The number of nitrogens with one attached hydrogen (secondary N) is 2. The van der Waals surface area contributed by atoms with Crippen LogP contribution >= 0.6 is 0 Å². The molecule has 1 heterocycles. The molecule has 0 amide bonds. The van der Waals surface area contributed by atoms with E-state index >= 15 is 0 Å². The molecule has 0 bridgehead atoms. The molecule has 1 aromatic heterocycles. The van der Waals surface area contributed by atoms with Gasteiger partial charge in [-0.3, -0.25) is 4.99 Å². The molecule has 0 radical (unpaired) electrons. The average molecular weight is 324 g/mol. The first-order valence-corrected chi connectivity index (χ1v) is 7.81. The van der Waals surface area contributed by atoms with Gasteiger partial charge in [-0.25, -0.2) is 9.97 Å². The standard InChI is InChI=1S/C18H24N6/c1-12-9-14(5-6-16(12)13(2)21-4)17-7-8-22-18(24-17)23-15(10-19)11-20-3/h5-11,13,21H,19H2,1-4H3,(H,22,23,24). The van der Waals surface area contributed by atoms with Gasteiger partial charge < -0.3 is 16.4 Å². The normalized spacial score (nSPS) is 13.2. The van der Waals surface area contributed by atoms with Crippen molar-refractivity contribution in [3.8, 4) is 11.3 Å². The van der Waals surface area contributed by atoms with Crippen molar-refractivity contribution in [2.75, 3.05) is 19.4 Å². The molecule has 0 fully saturated rings. The first-order valence-electron chi connectivity index (χ1n) is 7.81. The van der Waals surface area contributed by atoms with Gasteiger partial charge in [-0.15, -0.1) is 0 Å². The van der Waals surface area contributed by atoms with Crippen LogP contribution in [0, 0.1) is 6.92 Å². The summed E-state index contributed by atoms with van der Waals surface area (Å²) in [4.78, 5) is 12.7. The van der Waals surface area contributed by atoms with Gasteiger partial charge in [-0.2, -0.15) is 0 Å². The number of benzene rings is 1. The molecule has 0 saturated heterocycles. The zero-order chi connectivity index (χ0) is 17.5. The number of aliphatic imine (C=N–C) groups is 1. The van der Waals surface area contributed by atoms with Crippen LogP contribution in [-0.4, -0.2) is 30.3 Å². The number of allylic oxidation sites excluding steroid dienone is 1. The molecular weight excluding hydrogens is 300 g/mol. The Bertz CT molecular complexity index is 751. The lowest BCUT2D eigenvalue weighted by atomic mass is 9.99. The van der Waals surface area contributed by atoms with Gasteiger partial charge in [0.25, 0.3) is 0 Å². The van der Waals surface area contributed by atoms with Crippen molar-refractivity contribution < 1.29 is 0 Å². The van der Waals surface area contributed by atoms with E-state index in [-0.39, 0.29) is 0 Å². The van der Waals surface area contributed by atoms with Crippen molar-refractivity contribution in [3.63, 3.8) is 0 Å². The largest absolute Gasteiger partial charge is 0.403 e. The summed E-state index contributed by atoms with van der Waals surface area (Å²) in [5, 5.41) is 6.31. The Morgan fingerprint density at radius 2 is 2.12 bits per heavy atom. The summed E-state index contributed by atoms with van der Waals surface area (Å²) in [6, 6.07) is 8.56. The topological polar surface area (TPSA) is 88.2 Å². The highest BCUT2D eigenvalue weighted by molar-refractivity contribution is 5.82. The Hall–Kier alpha value is -2.73. The molecule has 0 aliphatic rings. The molecule has 0 saturated carbocycles. The van der Waals surface area contributed by atoms with Crippen molar-refractivity contribution in [3.05, 3.63) is 53.5 Å². The first-order chi connectivity index (χ1) is 11.6. The molecule has 1 atom stereocenters. The van der Waals surface area contributed by atoms with E-state index in [4.69, 9.17) is 5.73 Å². The summed E-state index contributed by atoms with van der Waals surface area (Å²) in [7, 11) is 3.64. The Morgan fingerprint density at radius 1 is 1.33 bits per heavy atom. The third-order valence-corrected chi connectivity index (χ3v) is 3.82. The maximum Gasteiger partial charge on any atom is 0.227 e. The first kappa shape index (κ1) is 17.6. The minimum absolute atomic E-state index is 0.312. The van der Waals surface area contributed by atoms with E-state index in [0.717, 1.165) is 11.3 Å². The van der Waals surface area contributed by atoms with Crippen LogP contribution in [0.4, 0.5) is 5.95 Å². The number of hydrogen-bond donors (Lipinski definition) is 3. The highest BCUT2D eigenvalue weighted by atomic mass is 15.1. The van der Waals surface area contributed by atoms with Gasteiger partial charge in [0.05, 0.1) is 11.4 Å². The Balaban J connectivity index is 2.30. The number of anilines is 1. The number of aromatic nitrogens is 2. The second kappa shape index (κ2) is 8.21. The molecular formula is C18H24N6. The molecule has 0 aliphatic heterocycles. The van der Waals surface area contributed by atoms with Crippen molar-refractivity contribution in [1.29, 1.82) is 0 Å². The van der Waals surface area contributed by atoms with Crippen LogP contribution in [-0.2, 0) is 0 Å². The molecule has 2 aromatic rings. The van der Waals surface area contributed by atoms with E-state index in [9.17, 15) is 0 Å². The lowest BCUT2D eigenvalue weighted by Crippen LogP contribution is -2.13. The number of hydrogen-bond acceptors (Lipinski definition) is 6. The van der Waals surface area contributed by atoms with Crippen LogP contribution in [0.15, 0.2) is 47.4 Å². The molecule has 0 spiro atoms. The minimum atomic E-state index is 0.312. The SMILES string of the molecule is CN=CC(=CN)Nc1nccc(-c2ccc(C(C)NC)c(C)c2)n1. The van der Waals surface area contributed by atoms with Gasteiger partial charge in [0.15, 0.2) is 0 Å². The van der Waals surface area contributed by atoms with Gasteiger partial charge in [-0.05, 0) is 44.2 Å². The predicted molar refractivity (Wildman–Crippen MR) is 100.0 cm³/mol. The third-order valence-electron chi connectivity index (χ3n) is 3.82. The van der Waals surface area contributed by atoms with Gasteiger partial charge in [0.2, 0.25) is 5.95 Å². The van der Waals surface area contributed by atoms with Crippen molar-refractivity contribution in [1.82, 2.24) is 15.3 Å². The number of aryl methyl sites for hydroxylation is 1. The van der Waals surface area contributed by atoms with Gasteiger partial charge >= 0.3 is 0 Å². The van der Waals surface area contributed by atoms with Gasteiger partial charge in [0.1, 0.15) is 0 Å². The fourth-order valence-electron chi connectivity index (χ4n) is 2.44. The zero-order valence-corrected chi connectivity index (χ0v) is 14.5. The van der Waals surface area contributed by atoms with Crippen molar-refractivity contribution in [2.45, 2.75) is 19.9 Å². The van der Waals surface area contributed by atoms with Gasteiger partial charge in [-0.1, -0.05) is 12.1 Å². The quantitative estimate of drug-likeness (QED) is 0.711. The van der Waals surface area contributed by atoms with Crippen LogP contribution < -0.4 is 16.4 Å². The van der Waals surface area contributed by atoms with Crippen LogP contribution in [0.3, 0.4) is 0 Å². The summed E-state index contributed by atoms with van der Waals surface area (Å²) in [6.07, 6.45) is 4.77. The van der Waals surface area contributed by atoms with Crippen LogP contribution in [0.5, 0.6) is 0 Å². The molecule has 0 aliphatic carbocycles. The fourth-order valence-corrected chi connectivity index (χ4v) is 2.44. The number of rotatable bonds is 6. The number of nitrogens with two attached hydrogens (primary N) is 1. The molecule has 1 unspecified atom stereocenters. The summed E-state index contributed by atoms with van der Waals surface area (Å²) in [5.41, 5.74) is 10.6. The Labute approximate surface area is 142 Å². The summed E-state index contributed by atoms with van der Waals surface area (Å²) >= 11 is 0. The van der Waals surface area contributed by atoms with Crippen LogP contribution in [0.2, 0.25) is 0 Å². The summed E-state index contributed by atoms with van der Waals surface area (Å²) in [5.74, 6) is 0.481. The summed E-state index contributed by atoms with van der Waals surface area (Å²) in [6.45, 7) is 4.25. The molecule has 2 rings (SSSR count). The monoisotopic (exact) mass is 324 g/mol. The molecule has 1 aromatic carbocycles. The molecule has 126 valence electrons. The third kappa shape index (κ3) is 4.17. The average Bonchev–Trinajstić information content (AvgIpc) is 2.60. The zero-order valence-electron chi connectivity index (χ0n) is 14.5. The predicted octanol–water partition coefficient (Wildman–Crippen LogP) is 2.65. The number of nitrogens with zero attached hydrogens (tertiary/aromatic N) is 3. The van der Waals surface area contributed by atoms with E-state index < -0.39 is 0 Å². The van der Waals surface area contributed by atoms with E-state index in [1.807, 2.05) is 13.1 Å². The van der Waals surface area contributed by atoms with Crippen LogP contribution in [0.25, 0.3) is 11.3 Å². The van der Waals surface area contributed by atoms with Crippen molar-refractivity contribution >= 4 is 12.2 Å². The second-order valence-corrected chi connectivity index (χ2v) is 5.48. The molecule has 24 heavy (non-hydrogen) atoms. The van der Waals surface area contributed by atoms with E-state index in [0.29, 0.717) is 17.7 Å². The van der Waals surface area contributed by atoms with Gasteiger partial charge in [0, 0.05) is 37.3 Å².